The molecule has 0 unspecified atom stereocenters. The lowest BCUT2D eigenvalue weighted by molar-refractivity contribution is -0.142. The fourth-order valence-corrected chi connectivity index (χ4v) is 2.92. The van der Waals surface area contributed by atoms with Crippen LogP contribution in [-0.4, -0.2) is 35.9 Å². The fraction of sp³-hybridized carbons (Fsp3) is 0.364. The summed E-state index contributed by atoms with van der Waals surface area (Å²) in [5.74, 6) is 0.0644. The number of hydrogen-bond acceptors (Lipinski definition) is 3. The van der Waals surface area contributed by atoms with E-state index in [-0.39, 0.29) is 25.0 Å². The Labute approximate surface area is 181 Å². The van der Waals surface area contributed by atoms with E-state index in [4.69, 9.17) is 27.9 Å². The van der Waals surface area contributed by atoms with Crippen LogP contribution in [0.1, 0.15) is 32.3 Å². The summed E-state index contributed by atoms with van der Waals surface area (Å²) in [7, 11) is 0. The van der Waals surface area contributed by atoms with E-state index >= 15 is 0 Å². The molecule has 5 nitrogen and oxygen atoms in total. The summed E-state index contributed by atoms with van der Waals surface area (Å²) in [6.45, 7) is 4.46. The SMILES string of the molecule is CCCCNC(=O)[C@H](C)N(Cc1ccc(Cl)cc1)C(=O)COc1ccc(Cl)cc1. The summed E-state index contributed by atoms with van der Waals surface area (Å²) in [5.41, 5.74) is 0.877. The standard InChI is InChI=1S/C22H26Cl2N2O3/c1-3-4-13-25-22(28)16(2)26(14-17-5-7-18(23)8-6-17)21(27)15-29-20-11-9-19(24)10-12-20/h5-12,16H,3-4,13-15H2,1-2H3,(H,25,28)/t16-/m0/s1. The number of benzene rings is 2. The van der Waals surface area contributed by atoms with Crippen LogP contribution in [0, 0.1) is 0 Å². The average molecular weight is 437 g/mol. The van der Waals surface area contributed by atoms with E-state index in [1.54, 1.807) is 43.3 Å². The van der Waals surface area contributed by atoms with Gasteiger partial charge in [0.25, 0.3) is 5.91 Å². The molecule has 0 heterocycles. The highest BCUT2D eigenvalue weighted by Crippen LogP contribution is 2.17. The average Bonchev–Trinajstić information content (AvgIpc) is 2.72. The Hall–Kier alpha value is -2.24. The molecular weight excluding hydrogens is 411 g/mol. The van der Waals surface area contributed by atoms with Crippen molar-refractivity contribution in [3.8, 4) is 5.75 Å². The Balaban J connectivity index is 2.08. The minimum Gasteiger partial charge on any atom is -0.484 e. The molecule has 0 saturated carbocycles. The molecule has 1 N–H and O–H groups in total. The molecule has 29 heavy (non-hydrogen) atoms. The molecule has 0 radical (unpaired) electrons. The van der Waals surface area contributed by atoms with Crippen LogP contribution in [-0.2, 0) is 16.1 Å². The van der Waals surface area contributed by atoms with Crippen molar-refractivity contribution in [3.05, 3.63) is 64.1 Å². The number of amides is 2. The molecule has 2 aromatic carbocycles. The first kappa shape index (κ1) is 23.0. The number of carbonyl (C=O) groups excluding carboxylic acids is 2. The first-order valence-electron chi connectivity index (χ1n) is 9.60. The van der Waals surface area contributed by atoms with Gasteiger partial charge in [-0.3, -0.25) is 9.59 Å². The topological polar surface area (TPSA) is 58.6 Å². The number of hydrogen-bond donors (Lipinski definition) is 1. The molecule has 2 rings (SSSR count). The molecule has 1 atom stereocenters. The molecule has 0 aliphatic heterocycles. The van der Waals surface area contributed by atoms with Crippen molar-refractivity contribution in [1.82, 2.24) is 10.2 Å². The van der Waals surface area contributed by atoms with Gasteiger partial charge in [0.1, 0.15) is 11.8 Å². The smallest absolute Gasteiger partial charge is 0.261 e. The minimum absolute atomic E-state index is 0.179. The van der Waals surface area contributed by atoms with Gasteiger partial charge in [-0.25, -0.2) is 0 Å². The first-order chi connectivity index (χ1) is 13.9. The maximum absolute atomic E-state index is 12.9. The molecule has 0 aliphatic carbocycles. The monoisotopic (exact) mass is 436 g/mol. The quantitative estimate of drug-likeness (QED) is 0.548. The molecule has 0 aromatic heterocycles. The summed E-state index contributed by atoms with van der Waals surface area (Å²) < 4.78 is 5.59. The van der Waals surface area contributed by atoms with Gasteiger partial charge in [-0.1, -0.05) is 48.7 Å². The highest BCUT2D eigenvalue weighted by atomic mass is 35.5. The van der Waals surface area contributed by atoms with Crippen molar-refractivity contribution in [3.63, 3.8) is 0 Å². The Bertz CT molecular complexity index is 795. The normalized spacial score (nSPS) is 11.6. The Morgan fingerprint density at radius 2 is 1.62 bits per heavy atom. The van der Waals surface area contributed by atoms with Crippen LogP contribution in [0.15, 0.2) is 48.5 Å². The molecule has 7 heteroatoms. The van der Waals surface area contributed by atoms with Crippen LogP contribution in [0.3, 0.4) is 0 Å². The van der Waals surface area contributed by atoms with Gasteiger partial charge in [-0.2, -0.15) is 0 Å². The molecule has 0 spiro atoms. The van der Waals surface area contributed by atoms with Crippen LogP contribution in [0.25, 0.3) is 0 Å². The second-order valence-electron chi connectivity index (χ2n) is 6.71. The van der Waals surface area contributed by atoms with E-state index in [9.17, 15) is 9.59 Å². The van der Waals surface area contributed by atoms with Gasteiger partial charge in [0.15, 0.2) is 6.61 Å². The number of ether oxygens (including phenoxy) is 1. The third kappa shape index (κ3) is 7.59. The van der Waals surface area contributed by atoms with Crippen molar-refractivity contribution >= 4 is 35.0 Å². The summed E-state index contributed by atoms with van der Waals surface area (Å²) in [5, 5.41) is 4.09. The van der Waals surface area contributed by atoms with Crippen molar-refractivity contribution in [1.29, 1.82) is 0 Å². The molecule has 2 aromatic rings. The van der Waals surface area contributed by atoms with Gasteiger partial charge in [-0.05, 0) is 55.3 Å². The highest BCUT2D eigenvalue weighted by molar-refractivity contribution is 6.30. The van der Waals surface area contributed by atoms with Crippen molar-refractivity contribution in [2.75, 3.05) is 13.2 Å². The van der Waals surface area contributed by atoms with Crippen molar-refractivity contribution < 1.29 is 14.3 Å². The van der Waals surface area contributed by atoms with E-state index in [1.807, 2.05) is 12.1 Å². The number of halogens is 2. The summed E-state index contributed by atoms with van der Waals surface area (Å²) in [6.07, 6.45) is 1.88. The van der Waals surface area contributed by atoms with Gasteiger partial charge in [0.05, 0.1) is 0 Å². The van der Waals surface area contributed by atoms with Crippen LogP contribution in [0.4, 0.5) is 0 Å². The number of nitrogens with zero attached hydrogens (tertiary/aromatic N) is 1. The van der Waals surface area contributed by atoms with Crippen LogP contribution in [0.5, 0.6) is 5.75 Å². The lowest BCUT2D eigenvalue weighted by Gasteiger charge is -2.28. The van der Waals surface area contributed by atoms with E-state index in [2.05, 4.69) is 12.2 Å². The molecule has 0 saturated heterocycles. The van der Waals surface area contributed by atoms with Crippen molar-refractivity contribution in [2.45, 2.75) is 39.3 Å². The van der Waals surface area contributed by atoms with E-state index in [0.717, 1.165) is 18.4 Å². The van der Waals surface area contributed by atoms with Crippen LogP contribution < -0.4 is 10.1 Å². The van der Waals surface area contributed by atoms with E-state index in [1.165, 1.54) is 4.90 Å². The lowest BCUT2D eigenvalue weighted by Crippen LogP contribution is -2.49. The largest absolute Gasteiger partial charge is 0.484 e. The minimum atomic E-state index is -0.635. The second-order valence-corrected chi connectivity index (χ2v) is 7.58. The van der Waals surface area contributed by atoms with Gasteiger partial charge in [-0.15, -0.1) is 0 Å². The predicted molar refractivity (Wildman–Crippen MR) is 116 cm³/mol. The second kappa shape index (κ2) is 11.7. The zero-order valence-corrected chi connectivity index (χ0v) is 18.2. The third-order valence-electron chi connectivity index (χ3n) is 4.44. The first-order valence-corrected chi connectivity index (χ1v) is 10.4. The Kier molecular flexibility index (Phi) is 9.29. The predicted octanol–water partition coefficient (Wildman–Crippen LogP) is 4.71. The maximum Gasteiger partial charge on any atom is 0.261 e. The zero-order chi connectivity index (χ0) is 21.2. The lowest BCUT2D eigenvalue weighted by atomic mass is 10.1. The number of unbranched alkanes of at least 4 members (excludes halogenated alkanes) is 1. The summed E-state index contributed by atoms with van der Waals surface area (Å²) in [4.78, 5) is 27.0. The Morgan fingerprint density at radius 1 is 1.03 bits per heavy atom. The molecule has 0 fully saturated rings. The van der Waals surface area contributed by atoms with Gasteiger partial charge in [0, 0.05) is 23.1 Å². The number of rotatable bonds is 10. The van der Waals surface area contributed by atoms with Gasteiger partial charge in [0.2, 0.25) is 5.91 Å². The summed E-state index contributed by atoms with van der Waals surface area (Å²) in [6, 6.07) is 13.3. The van der Waals surface area contributed by atoms with Crippen LogP contribution >= 0.6 is 23.2 Å². The van der Waals surface area contributed by atoms with Crippen molar-refractivity contribution in [2.24, 2.45) is 0 Å². The third-order valence-corrected chi connectivity index (χ3v) is 4.94. The van der Waals surface area contributed by atoms with E-state index < -0.39 is 6.04 Å². The van der Waals surface area contributed by atoms with Crippen LogP contribution in [0.2, 0.25) is 10.0 Å². The highest BCUT2D eigenvalue weighted by Gasteiger charge is 2.26. The summed E-state index contributed by atoms with van der Waals surface area (Å²) >= 11 is 11.8. The molecular formula is C22H26Cl2N2O3. The van der Waals surface area contributed by atoms with Gasteiger partial charge >= 0.3 is 0 Å². The van der Waals surface area contributed by atoms with Gasteiger partial charge < -0.3 is 15.0 Å². The number of carbonyl (C=O) groups is 2. The molecule has 156 valence electrons. The zero-order valence-electron chi connectivity index (χ0n) is 16.7. The Morgan fingerprint density at radius 3 is 2.21 bits per heavy atom. The number of nitrogens with one attached hydrogen (secondary N) is 1. The molecule has 0 aliphatic rings. The maximum atomic E-state index is 12.9. The molecule has 0 bridgehead atoms. The van der Waals surface area contributed by atoms with E-state index in [0.29, 0.717) is 22.3 Å². The fourth-order valence-electron chi connectivity index (χ4n) is 2.66. The molecule has 2 amide bonds.